The molecule has 1 atom stereocenters. The second-order valence-electron chi connectivity index (χ2n) is 4.21. The number of benzene rings is 1. The second kappa shape index (κ2) is 7.39. The molecule has 0 aliphatic carbocycles. The van der Waals surface area contributed by atoms with Crippen LogP contribution in [-0.4, -0.2) is 0 Å². The molecule has 0 aromatic heterocycles. The van der Waals surface area contributed by atoms with Gasteiger partial charge in [-0.25, -0.2) is 0 Å². The lowest BCUT2D eigenvalue weighted by Gasteiger charge is -2.16. The number of nitrogens with two attached hydrogens (primary N) is 1. The molecule has 0 saturated carbocycles. The van der Waals surface area contributed by atoms with E-state index >= 15 is 0 Å². The Morgan fingerprint density at radius 2 is 1.62 bits per heavy atom. The molecule has 1 aromatic rings. The molecule has 2 N–H and O–H groups in total. The zero-order valence-electron chi connectivity index (χ0n) is 9.54. The lowest BCUT2D eigenvalue weighted by Crippen LogP contribution is -2.12. The summed E-state index contributed by atoms with van der Waals surface area (Å²) in [7, 11) is 0. The van der Waals surface area contributed by atoms with Crippen molar-refractivity contribution < 1.29 is 0 Å². The zero-order valence-corrected chi connectivity index (χ0v) is 11.9. The molecule has 0 aliphatic rings. The predicted octanol–water partition coefficient (Wildman–Crippen LogP) is 4.85. The first-order chi connectivity index (χ1) is 7.02. The van der Waals surface area contributed by atoms with Gasteiger partial charge in [-0.2, -0.15) is 0 Å². The molecular formula is C12H18Cl3N. The van der Waals surface area contributed by atoms with E-state index in [-0.39, 0.29) is 18.4 Å². The largest absolute Gasteiger partial charge is 0.324 e. The topological polar surface area (TPSA) is 26.0 Å². The number of halogens is 3. The molecule has 0 spiro atoms. The summed E-state index contributed by atoms with van der Waals surface area (Å²) in [6.07, 6.45) is 2.00. The van der Waals surface area contributed by atoms with Crippen LogP contribution in [0.5, 0.6) is 0 Å². The summed E-state index contributed by atoms with van der Waals surface area (Å²) in [5.74, 6) is 0.650. The first kappa shape index (κ1) is 16.1. The Hall–Kier alpha value is 0.0500. The number of hydrogen-bond acceptors (Lipinski definition) is 1. The molecule has 0 aliphatic heterocycles. The second-order valence-corrected chi connectivity index (χ2v) is 5.03. The number of rotatable bonds is 4. The predicted molar refractivity (Wildman–Crippen MR) is 74.7 cm³/mol. The fourth-order valence-corrected chi connectivity index (χ4v) is 2.20. The highest BCUT2D eigenvalue weighted by Gasteiger charge is 2.14. The third-order valence-electron chi connectivity index (χ3n) is 2.43. The minimum atomic E-state index is -0.0615. The van der Waals surface area contributed by atoms with Gasteiger partial charge in [-0.3, -0.25) is 0 Å². The van der Waals surface area contributed by atoms with Crippen LogP contribution in [0.15, 0.2) is 18.2 Å². The summed E-state index contributed by atoms with van der Waals surface area (Å²) in [4.78, 5) is 0. The summed E-state index contributed by atoms with van der Waals surface area (Å²) in [6, 6.07) is 5.44. The Kier molecular flexibility index (Phi) is 7.41. The van der Waals surface area contributed by atoms with Gasteiger partial charge in [-0.1, -0.05) is 43.1 Å². The fourth-order valence-electron chi connectivity index (χ4n) is 1.52. The van der Waals surface area contributed by atoms with E-state index in [0.29, 0.717) is 16.0 Å². The highest BCUT2D eigenvalue weighted by atomic mass is 35.5. The van der Waals surface area contributed by atoms with Gasteiger partial charge in [-0.15, -0.1) is 12.4 Å². The van der Waals surface area contributed by atoms with Crippen molar-refractivity contribution in [3.63, 3.8) is 0 Å². The van der Waals surface area contributed by atoms with E-state index in [4.69, 9.17) is 28.9 Å². The molecule has 1 aromatic carbocycles. The summed E-state index contributed by atoms with van der Waals surface area (Å²) >= 11 is 12.2. The quantitative estimate of drug-likeness (QED) is 0.839. The Labute approximate surface area is 114 Å². The molecule has 0 amide bonds. The molecule has 0 radical (unpaired) electrons. The highest BCUT2D eigenvalue weighted by molar-refractivity contribution is 6.36. The molecular weight excluding hydrogens is 264 g/mol. The van der Waals surface area contributed by atoms with Crippen LogP contribution < -0.4 is 5.73 Å². The van der Waals surface area contributed by atoms with Crippen molar-refractivity contribution >= 4 is 35.6 Å². The van der Waals surface area contributed by atoms with E-state index in [1.165, 1.54) is 0 Å². The Morgan fingerprint density at radius 3 is 2.06 bits per heavy atom. The molecule has 4 heteroatoms. The Bertz CT molecular complexity index is 306. The lowest BCUT2D eigenvalue weighted by molar-refractivity contribution is 0.507. The summed E-state index contributed by atoms with van der Waals surface area (Å²) in [6.45, 7) is 4.36. The third-order valence-corrected chi connectivity index (χ3v) is 3.08. The number of hydrogen-bond donors (Lipinski definition) is 1. The van der Waals surface area contributed by atoms with Crippen LogP contribution >= 0.6 is 35.6 Å². The van der Waals surface area contributed by atoms with Gasteiger partial charge < -0.3 is 5.73 Å². The summed E-state index contributed by atoms with van der Waals surface area (Å²) in [5, 5.41) is 1.33. The minimum Gasteiger partial charge on any atom is -0.324 e. The van der Waals surface area contributed by atoms with Gasteiger partial charge in [0.2, 0.25) is 0 Å². The third kappa shape index (κ3) is 4.50. The molecule has 0 heterocycles. The van der Waals surface area contributed by atoms with E-state index in [1.54, 1.807) is 0 Å². The minimum absolute atomic E-state index is 0. The first-order valence-corrected chi connectivity index (χ1v) is 5.97. The maximum Gasteiger partial charge on any atom is 0.0468 e. The average Bonchev–Trinajstić information content (AvgIpc) is 2.14. The van der Waals surface area contributed by atoms with Gasteiger partial charge in [0, 0.05) is 21.7 Å². The van der Waals surface area contributed by atoms with Gasteiger partial charge in [0.1, 0.15) is 0 Å². The van der Waals surface area contributed by atoms with E-state index in [0.717, 1.165) is 18.4 Å². The van der Waals surface area contributed by atoms with Gasteiger partial charge >= 0.3 is 0 Å². The molecule has 0 saturated heterocycles. The maximum absolute atomic E-state index is 6.08. The molecule has 1 nitrogen and oxygen atoms in total. The van der Waals surface area contributed by atoms with Crippen LogP contribution in [0.25, 0.3) is 0 Å². The van der Waals surface area contributed by atoms with Gasteiger partial charge in [0.05, 0.1) is 0 Å². The smallest absolute Gasteiger partial charge is 0.0468 e. The van der Waals surface area contributed by atoms with E-state index in [9.17, 15) is 0 Å². The van der Waals surface area contributed by atoms with Gasteiger partial charge in [-0.05, 0) is 30.9 Å². The van der Waals surface area contributed by atoms with Crippen molar-refractivity contribution in [3.05, 3.63) is 33.8 Å². The molecule has 92 valence electrons. The Balaban J connectivity index is 0.00000225. The van der Waals surface area contributed by atoms with Gasteiger partial charge in [0.25, 0.3) is 0 Å². The Morgan fingerprint density at radius 1 is 1.12 bits per heavy atom. The van der Waals surface area contributed by atoms with Crippen LogP contribution in [0.1, 0.15) is 38.3 Å². The molecule has 0 fully saturated rings. The van der Waals surface area contributed by atoms with Crippen LogP contribution in [0.3, 0.4) is 0 Å². The van der Waals surface area contributed by atoms with Gasteiger partial charge in [0.15, 0.2) is 0 Å². The van der Waals surface area contributed by atoms with E-state index in [1.807, 2.05) is 18.2 Å². The molecule has 0 unspecified atom stereocenters. The van der Waals surface area contributed by atoms with Crippen LogP contribution in [0.4, 0.5) is 0 Å². The maximum atomic E-state index is 6.08. The van der Waals surface area contributed by atoms with Crippen molar-refractivity contribution in [2.24, 2.45) is 11.7 Å². The monoisotopic (exact) mass is 281 g/mol. The SMILES string of the molecule is CC(C)CC[C@H](N)c1c(Cl)cccc1Cl.Cl. The van der Waals surface area contributed by atoms with E-state index in [2.05, 4.69) is 13.8 Å². The summed E-state index contributed by atoms with van der Waals surface area (Å²) < 4.78 is 0. The zero-order chi connectivity index (χ0) is 11.4. The standard InChI is InChI=1S/C12H17Cl2N.ClH/c1-8(2)6-7-11(15)12-9(13)4-3-5-10(12)14;/h3-5,8,11H,6-7,15H2,1-2H3;1H/t11-;/m0./s1. The lowest BCUT2D eigenvalue weighted by atomic mass is 9.98. The van der Waals surface area contributed by atoms with Crippen molar-refractivity contribution in [2.45, 2.75) is 32.7 Å². The van der Waals surface area contributed by atoms with Crippen LogP contribution in [0.2, 0.25) is 10.0 Å². The van der Waals surface area contributed by atoms with Crippen LogP contribution in [-0.2, 0) is 0 Å². The fraction of sp³-hybridized carbons (Fsp3) is 0.500. The first-order valence-electron chi connectivity index (χ1n) is 5.22. The van der Waals surface area contributed by atoms with Crippen molar-refractivity contribution in [1.29, 1.82) is 0 Å². The molecule has 16 heavy (non-hydrogen) atoms. The molecule has 0 bridgehead atoms. The van der Waals surface area contributed by atoms with E-state index < -0.39 is 0 Å². The van der Waals surface area contributed by atoms with Crippen LogP contribution in [0, 0.1) is 5.92 Å². The molecule has 1 rings (SSSR count). The normalized spacial score (nSPS) is 12.4. The van der Waals surface area contributed by atoms with Crippen molar-refractivity contribution in [1.82, 2.24) is 0 Å². The average molecular weight is 283 g/mol. The van der Waals surface area contributed by atoms with Crippen molar-refractivity contribution in [3.8, 4) is 0 Å². The van der Waals surface area contributed by atoms with Crippen molar-refractivity contribution in [2.75, 3.05) is 0 Å². The summed E-state index contributed by atoms with van der Waals surface area (Å²) in [5.41, 5.74) is 6.95. The highest BCUT2D eigenvalue weighted by Crippen LogP contribution is 2.31.